The minimum Gasteiger partial charge on any atom is -0.300 e. The number of amides is 2. The second-order valence-electron chi connectivity index (χ2n) is 8.29. The fraction of sp³-hybridized carbons (Fsp3) is 0.882. The van der Waals surface area contributed by atoms with E-state index in [1.54, 1.807) is 0 Å². The molecule has 4 bridgehead atoms. The summed E-state index contributed by atoms with van der Waals surface area (Å²) >= 11 is 0. The van der Waals surface area contributed by atoms with Crippen molar-refractivity contribution >= 4 is 11.8 Å². The van der Waals surface area contributed by atoms with E-state index >= 15 is 0 Å². The van der Waals surface area contributed by atoms with Crippen LogP contribution in [0.15, 0.2) is 0 Å². The molecule has 1 saturated heterocycles. The molecular weight excluding hydrogens is 264 g/mol. The highest BCUT2D eigenvalue weighted by molar-refractivity contribution is 6.05. The Balaban J connectivity index is 1.52. The molecule has 5 fully saturated rings. The molecule has 4 saturated carbocycles. The first-order valence-electron chi connectivity index (χ1n) is 8.59. The average Bonchev–Trinajstić information content (AvgIpc) is 2.61. The minimum absolute atomic E-state index is 0.00257. The number of carbonyl (C=O) groups is 2. The Hall–Kier alpha value is -0.900. The Morgan fingerprint density at radius 2 is 1.57 bits per heavy atom. The number of nitrogens with zero attached hydrogens (tertiary/aromatic N) is 1. The second kappa shape index (κ2) is 4.55. The molecule has 5 aliphatic rings. The molecule has 1 heterocycles. The lowest BCUT2D eigenvalue weighted by Gasteiger charge is -2.57. The van der Waals surface area contributed by atoms with Crippen LogP contribution < -0.4 is 5.32 Å². The fourth-order valence-corrected chi connectivity index (χ4v) is 5.96. The van der Waals surface area contributed by atoms with Crippen molar-refractivity contribution in [2.75, 3.05) is 0 Å². The predicted molar refractivity (Wildman–Crippen MR) is 79.4 cm³/mol. The molecule has 1 unspecified atom stereocenters. The van der Waals surface area contributed by atoms with Crippen LogP contribution >= 0.6 is 0 Å². The highest BCUT2D eigenvalue weighted by Crippen LogP contribution is 2.55. The van der Waals surface area contributed by atoms with Crippen LogP contribution in [0.4, 0.5) is 0 Å². The second-order valence-corrected chi connectivity index (χ2v) is 8.29. The first-order chi connectivity index (χ1) is 9.96. The van der Waals surface area contributed by atoms with Crippen molar-refractivity contribution in [1.29, 1.82) is 0 Å². The molecule has 0 spiro atoms. The smallest absolute Gasteiger partial charge is 0.247 e. The summed E-state index contributed by atoms with van der Waals surface area (Å²) in [6.45, 7) is 3.84. The van der Waals surface area contributed by atoms with Gasteiger partial charge in [0.05, 0.1) is 12.5 Å². The Bertz CT molecular complexity index is 450. The molecule has 21 heavy (non-hydrogen) atoms. The maximum Gasteiger partial charge on any atom is 0.247 e. The number of carbonyl (C=O) groups excluding carboxylic acids is 2. The first-order valence-corrected chi connectivity index (χ1v) is 8.59. The summed E-state index contributed by atoms with van der Waals surface area (Å²) in [6, 6.07) is -0.288. The number of likely N-dealkylation sites (tertiary alicyclic amines) is 1. The lowest BCUT2D eigenvalue weighted by atomic mass is 9.53. The normalized spacial score (nSPS) is 45.2. The van der Waals surface area contributed by atoms with E-state index in [-0.39, 0.29) is 29.4 Å². The predicted octanol–water partition coefficient (Wildman–Crippen LogP) is 2.08. The Kier molecular flexibility index (Phi) is 2.97. The third-order valence-electron chi connectivity index (χ3n) is 6.22. The van der Waals surface area contributed by atoms with Crippen molar-refractivity contribution in [3.63, 3.8) is 0 Å². The van der Waals surface area contributed by atoms with E-state index in [1.165, 1.54) is 43.4 Å². The molecule has 5 rings (SSSR count). The molecule has 2 amide bonds. The van der Waals surface area contributed by atoms with Crippen molar-refractivity contribution in [1.82, 2.24) is 10.2 Å². The van der Waals surface area contributed by atoms with Gasteiger partial charge in [0, 0.05) is 11.6 Å². The van der Waals surface area contributed by atoms with Crippen LogP contribution in [0.2, 0.25) is 0 Å². The molecule has 1 N–H and O–H groups in total. The van der Waals surface area contributed by atoms with Gasteiger partial charge in [0.25, 0.3) is 0 Å². The van der Waals surface area contributed by atoms with Gasteiger partial charge in [-0.1, -0.05) is 0 Å². The van der Waals surface area contributed by atoms with Gasteiger partial charge in [-0.05, 0) is 70.1 Å². The summed E-state index contributed by atoms with van der Waals surface area (Å²) in [4.78, 5) is 26.1. The molecule has 0 aromatic rings. The first kappa shape index (κ1) is 13.7. The number of imide groups is 1. The molecular formula is C17H26N2O2. The van der Waals surface area contributed by atoms with Crippen LogP contribution in [-0.2, 0) is 9.59 Å². The molecule has 1 atom stereocenters. The summed E-state index contributed by atoms with van der Waals surface area (Å²) in [7, 11) is 0. The highest BCUT2D eigenvalue weighted by Gasteiger charge is 2.53. The third-order valence-corrected chi connectivity index (χ3v) is 6.22. The van der Waals surface area contributed by atoms with Gasteiger partial charge in [-0.3, -0.25) is 19.8 Å². The highest BCUT2D eigenvalue weighted by atomic mass is 16.2. The number of hydrogen-bond donors (Lipinski definition) is 1. The average molecular weight is 290 g/mol. The largest absolute Gasteiger partial charge is 0.300 e. The van der Waals surface area contributed by atoms with E-state index in [9.17, 15) is 9.59 Å². The molecule has 1 aliphatic heterocycles. The van der Waals surface area contributed by atoms with Gasteiger partial charge < -0.3 is 0 Å². The van der Waals surface area contributed by atoms with Gasteiger partial charge in [0.15, 0.2) is 0 Å². The molecule has 0 radical (unpaired) electrons. The SMILES string of the molecule is CC(C)N1C(=O)CC(NC23CC4CC(CC(C4)C2)C3)C1=O. The van der Waals surface area contributed by atoms with Crippen molar-refractivity contribution in [3.05, 3.63) is 0 Å². The van der Waals surface area contributed by atoms with E-state index in [0.717, 1.165) is 17.8 Å². The van der Waals surface area contributed by atoms with Crippen LogP contribution in [0.25, 0.3) is 0 Å². The van der Waals surface area contributed by atoms with Gasteiger partial charge in [0.2, 0.25) is 11.8 Å². The van der Waals surface area contributed by atoms with Gasteiger partial charge in [-0.25, -0.2) is 0 Å². The van der Waals surface area contributed by atoms with Crippen molar-refractivity contribution in [2.45, 2.75) is 76.4 Å². The monoisotopic (exact) mass is 290 g/mol. The zero-order chi connectivity index (χ0) is 14.8. The zero-order valence-electron chi connectivity index (χ0n) is 13.1. The van der Waals surface area contributed by atoms with Crippen LogP contribution in [0, 0.1) is 17.8 Å². The van der Waals surface area contributed by atoms with E-state index in [1.807, 2.05) is 13.8 Å². The number of hydrogen-bond acceptors (Lipinski definition) is 3. The summed E-state index contributed by atoms with van der Waals surface area (Å²) in [5.74, 6) is 2.58. The van der Waals surface area contributed by atoms with E-state index in [4.69, 9.17) is 0 Å². The van der Waals surface area contributed by atoms with Crippen LogP contribution in [0.3, 0.4) is 0 Å². The van der Waals surface area contributed by atoms with Crippen molar-refractivity contribution in [2.24, 2.45) is 17.8 Å². The lowest BCUT2D eigenvalue weighted by molar-refractivity contribution is -0.141. The van der Waals surface area contributed by atoms with Gasteiger partial charge in [-0.15, -0.1) is 0 Å². The van der Waals surface area contributed by atoms with E-state index in [2.05, 4.69) is 5.32 Å². The van der Waals surface area contributed by atoms with E-state index in [0.29, 0.717) is 6.42 Å². The van der Waals surface area contributed by atoms with Crippen LogP contribution in [0.1, 0.15) is 58.8 Å². The minimum atomic E-state index is -0.267. The maximum absolute atomic E-state index is 12.5. The van der Waals surface area contributed by atoms with Gasteiger partial charge in [0.1, 0.15) is 0 Å². The molecule has 0 aromatic carbocycles. The summed E-state index contributed by atoms with van der Waals surface area (Å²) in [6.07, 6.45) is 8.22. The summed E-state index contributed by atoms with van der Waals surface area (Å²) in [5, 5.41) is 3.68. The summed E-state index contributed by atoms with van der Waals surface area (Å²) < 4.78 is 0. The quantitative estimate of drug-likeness (QED) is 0.810. The third kappa shape index (κ3) is 2.14. The van der Waals surface area contributed by atoms with Gasteiger partial charge >= 0.3 is 0 Å². The van der Waals surface area contributed by atoms with E-state index < -0.39 is 0 Å². The molecule has 4 nitrogen and oxygen atoms in total. The topological polar surface area (TPSA) is 49.4 Å². The molecule has 4 aliphatic carbocycles. The molecule has 4 heteroatoms. The van der Waals surface area contributed by atoms with Crippen LogP contribution in [0.5, 0.6) is 0 Å². The van der Waals surface area contributed by atoms with Gasteiger partial charge in [-0.2, -0.15) is 0 Å². The van der Waals surface area contributed by atoms with Crippen LogP contribution in [-0.4, -0.2) is 34.3 Å². The van der Waals surface area contributed by atoms with Crippen molar-refractivity contribution < 1.29 is 9.59 Å². The Labute approximate surface area is 126 Å². The number of nitrogens with one attached hydrogen (secondary N) is 1. The zero-order valence-corrected chi connectivity index (χ0v) is 13.1. The Morgan fingerprint density at radius 3 is 2.00 bits per heavy atom. The van der Waals surface area contributed by atoms with Crippen molar-refractivity contribution in [3.8, 4) is 0 Å². The molecule has 116 valence electrons. The number of rotatable bonds is 3. The Morgan fingerprint density at radius 1 is 1.05 bits per heavy atom. The fourth-order valence-electron chi connectivity index (χ4n) is 5.96. The standard InChI is InChI=1S/C17H26N2O2/c1-10(2)19-15(20)6-14(16(19)21)18-17-7-11-3-12(8-17)5-13(4-11)9-17/h10-14,18H,3-9H2,1-2H3. The maximum atomic E-state index is 12.5. The lowest BCUT2D eigenvalue weighted by Crippen LogP contribution is -2.62. The summed E-state index contributed by atoms with van der Waals surface area (Å²) in [5.41, 5.74) is 0.155. The molecule has 0 aromatic heterocycles.